The van der Waals surface area contributed by atoms with Crippen molar-refractivity contribution >= 4 is 11.4 Å². The summed E-state index contributed by atoms with van der Waals surface area (Å²) in [5.41, 5.74) is 7.79. The second-order valence-electron chi connectivity index (χ2n) is 7.98. The summed E-state index contributed by atoms with van der Waals surface area (Å²) in [7, 11) is 0. The molecule has 2 aliphatic rings. The van der Waals surface area contributed by atoms with Crippen molar-refractivity contribution in [1.82, 2.24) is 4.90 Å². The van der Waals surface area contributed by atoms with E-state index in [2.05, 4.69) is 17.1 Å². The third-order valence-corrected chi connectivity index (χ3v) is 5.84. The number of anilines is 2. The molecule has 1 saturated carbocycles. The summed E-state index contributed by atoms with van der Waals surface area (Å²) >= 11 is 0. The van der Waals surface area contributed by atoms with E-state index in [1.165, 1.54) is 31.7 Å². The standard InChI is InChI=1S/C21H34FN3O/c1-3-11-26-18-6-4-5-17(14-18)25-9-7-16(8-10-25)24-20-13-15(2)12-19(22)21(20)23/h12-13,16-18,24H,3-11,14,23H2,1-2H3/t17-,18+/m1/s1. The molecule has 1 saturated heterocycles. The van der Waals surface area contributed by atoms with Gasteiger partial charge in [0.1, 0.15) is 5.82 Å². The van der Waals surface area contributed by atoms with Gasteiger partial charge in [0.15, 0.2) is 0 Å². The Labute approximate surface area is 157 Å². The number of nitrogens with one attached hydrogen (secondary N) is 1. The van der Waals surface area contributed by atoms with Crippen LogP contribution in [0.4, 0.5) is 15.8 Å². The lowest BCUT2D eigenvalue weighted by Crippen LogP contribution is -2.47. The number of benzene rings is 1. The maximum absolute atomic E-state index is 13.8. The van der Waals surface area contributed by atoms with Crippen LogP contribution < -0.4 is 11.1 Å². The molecule has 0 spiro atoms. The first-order valence-corrected chi connectivity index (χ1v) is 10.2. The third kappa shape index (κ3) is 4.89. The van der Waals surface area contributed by atoms with Gasteiger partial charge in [0.2, 0.25) is 0 Å². The van der Waals surface area contributed by atoms with Gasteiger partial charge in [-0.05, 0) is 69.6 Å². The van der Waals surface area contributed by atoms with Crippen molar-refractivity contribution < 1.29 is 9.13 Å². The lowest BCUT2D eigenvalue weighted by atomic mass is 9.90. The molecule has 4 nitrogen and oxygen atoms in total. The molecule has 3 N–H and O–H groups in total. The van der Waals surface area contributed by atoms with Crippen LogP contribution in [0.1, 0.15) is 57.4 Å². The van der Waals surface area contributed by atoms with E-state index in [9.17, 15) is 4.39 Å². The van der Waals surface area contributed by atoms with Gasteiger partial charge in [0.05, 0.1) is 17.5 Å². The summed E-state index contributed by atoms with van der Waals surface area (Å²) in [4.78, 5) is 2.64. The molecule has 1 aromatic rings. The summed E-state index contributed by atoms with van der Waals surface area (Å²) in [6.45, 7) is 7.15. The van der Waals surface area contributed by atoms with E-state index in [-0.39, 0.29) is 11.5 Å². The number of aryl methyl sites for hydroxylation is 1. The monoisotopic (exact) mass is 363 g/mol. The highest BCUT2D eigenvalue weighted by molar-refractivity contribution is 5.68. The molecule has 3 rings (SSSR count). The summed E-state index contributed by atoms with van der Waals surface area (Å²) in [5, 5.41) is 3.47. The number of halogens is 1. The van der Waals surface area contributed by atoms with E-state index < -0.39 is 0 Å². The minimum atomic E-state index is -0.328. The molecule has 1 aliphatic heterocycles. The van der Waals surface area contributed by atoms with Crippen molar-refractivity contribution in [2.75, 3.05) is 30.7 Å². The van der Waals surface area contributed by atoms with Crippen LogP contribution in [0.2, 0.25) is 0 Å². The predicted octanol–water partition coefficient (Wildman–Crippen LogP) is 4.33. The first-order chi connectivity index (χ1) is 12.6. The van der Waals surface area contributed by atoms with Gasteiger partial charge in [-0.1, -0.05) is 6.92 Å². The maximum atomic E-state index is 13.8. The van der Waals surface area contributed by atoms with Gasteiger partial charge in [-0.3, -0.25) is 0 Å². The number of nitrogens with zero attached hydrogens (tertiary/aromatic N) is 1. The second-order valence-corrected chi connectivity index (χ2v) is 7.98. The molecule has 26 heavy (non-hydrogen) atoms. The van der Waals surface area contributed by atoms with Gasteiger partial charge >= 0.3 is 0 Å². The number of piperidine rings is 1. The highest BCUT2D eigenvalue weighted by Crippen LogP contribution is 2.30. The lowest BCUT2D eigenvalue weighted by molar-refractivity contribution is -0.00514. The van der Waals surface area contributed by atoms with Crippen molar-refractivity contribution in [2.24, 2.45) is 0 Å². The van der Waals surface area contributed by atoms with Crippen LogP contribution in [-0.4, -0.2) is 42.8 Å². The number of hydrogen-bond acceptors (Lipinski definition) is 4. The quantitative estimate of drug-likeness (QED) is 0.739. The first-order valence-electron chi connectivity index (χ1n) is 10.2. The summed E-state index contributed by atoms with van der Waals surface area (Å²) in [6, 6.07) is 4.46. The molecule has 0 bridgehead atoms. The van der Waals surface area contributed by atoms with Crippen LogP contribution >= 0.6 is 0 Å². The Morgan fingerprint density at radius 3 is 2.73 bits per heavy atom. The van der Waals surface area contributed by atoms with Crippen molar-refractivity contribution in [3.05, 3.63) is 23.5 Å². The molecule has 2 fully saturated rings. The molecule has 1 aliphatic carbocycles. The molecule has 1 heterocycles. The highest BCUT2D eigenvalue weighted by Gasteiger charge is 2.30. The average Bonchev–Trinajstić information content (AvgIpc) is 2.65. The fourth-order valence-corrected chi connectivity index (χ4v) is 4.39. The fourth-order valence-electron chi connectivity index (χ4n) is 4.39. The molecule has 0 unspecified atom stereocenters. The van der Waals surface area contributed by atoms with E-state index in [0.29, 0.717) is 18.2 Å². The average molecular weight is 364 g/mol. The Hall–Kier alpha value is -1.33. The Kier molecular flexibility index (Phi) is 6.76. The molecule has 146 valence electrons. The van der Waals surface area contributed by atoms with Crippen molar-refractivity contribution in [1.29, 1.82) is 0 Å². The summed E-state index contributed by atoms with van der Waals surface area (Å²) in [6.07, 6.45) is 8.65. The van der Waals surface area contributed by atoms with E-state index in [1.807, 2.05) is 13.0 Å². The Morgan fingerprint density at radius 1 is 1.23 bits per heavy atom. The SMILES string of the molecule is CCCO[C@H]1CCC[C@@H](N2CCC(Nc3cc(C)cc(F)c3N)CC2)C1. The van der Waals surface area contributed by atoms with Crippen LogP contribution in [0.3, 0.4) is 0 Å². The minimum Gasteiger partial charge on any atom is -0.395 e. The Balaban J connectivity index is 1.50. The van der Waals surface area contributed by atoms with Gasteiger partial charge in [-0.25, -0.2) is 4.39 Å². The Bertz CT molecular complexity index is 587. The molecule has 2 atom stereocenters. The summed E-state index contributed by atoms with van der Waals surface area (Å²) < 4.78 is 19.8. The molecule has 1 aromatic carbocycles. The van der Waals surface area contributed by atoms with E-state index in [1.54, 1.807) is 0 Å². The van der Waals surface area contributed by atoms with E-state index in [4.69, 9.17) is 10.5 Å². The maximum Gasteiger partial charge on any atom is 0.148 e. The third-order valence-electron chi connectivity index (χ3n) is 5.84. The zero-order chi connectivity index (χ0) is 18.5. The number of rotatable bonds is 6. The zero-order valence-corrected chi connectivity index (χ0v) is 16.3. The smallest absolute Gasteiger partial charge is 0.148 e. The Morgan fingerprint density at radius 2 is 2.00 bits per heavy atom. The number of ether oxygens (including phenoxy) is 1. The molecule has 0 radical (unpaired) electrons. The zero-order valence-electron chi connectivity index (χ0n) is 16.3. The molecular formula is C21H34FN3O. The van der Waals surface area contributed by atoms with Gasteiger partial charge in [-0.2, -0.15) is 0 Å². The van der Waals surface area contributed by atoms with Crippen LogP contribution in [0.5, 0.6) is 0 Å². The highest BCUT2D eigenvalue weighted by atomic mass is 19.1. The molecular weight excluding hydrogens is 329 g/mol. The number of likely N-dealkylation sites (tertiary alicyclic amines) is 1. The second kappa shape index (κ2) is 9.05. The molecule has 0 aromatic heterocycles. The van der Waals surface area contributed by atoms with E-state index in [0.717, 1.165) is 50.2 Å². The largest absolute Gasteiger partial charge is 0.395 e. The van der Waals surface area contributed by atoms with Crippen LogP contribution in [-0.2, 0) is 4.74 Å². The predicted molar refractivity (Wildman–Crippen MR) is 106 cm³/mol. The van der Waals surface area contributed by atoms with E-state index >= 15 is 0 Å². The molecule has 0 amide bonds. The van der Waals surface area contributed by atoms with Crippen molar-refractivity contribution in [2.45, 2.75) is 77.0 Å². The van der Waals surface area contributed by atoms with Gasteiger partial charge < -0.3 is 20.7 Å². The number of nitrogens with two attached hydrogens (primary N) is 1. The fraction of sp³-hybridized carbons (Fsp3) is 0.714. The van der Waals surface area contributed by atoms with Crippen LogP contribution in [0.15, 0.2) is 12.1 Å². The van der Waals surface area contributed by atoms with Crippen LogP contribution in [0, 0.1) is 12.7 Å². The van der Waals surface area contributed by atoms with Crippen molar-refractivity contribution in [3.8, 4) is 0 Å². The number of hydrogen-bond donors (Lipinski definition) is 2. The topological polar surface area (TPSA) is 50.5 Å². The first kappa shape index (κ1) is 19.4. The minimum absolute atomic E-state index is 0.237. The number of nitrogen functional groups attached to an aromatic ring is 1. The van der Waals surface area contributed by atoms with Crippen LogP contribution in [0.25, 0.3) is 0 Å². The lowest BCUT2D eigenvalue weighted by Gasteiger charge is -2.41. The summed E-state index contributed by atoms with van der Waals surface area (Å²) in [5.74, 6) is -0.328. The van der Waals surface area contributed by atoms with Gasteiger partial charge in [-0.15, -0.1) is 0 Å². The van der Waals surface area contributed by atoms with Gasteiger partial charge in [0, 0.05) is 31.8 Å². The molecule has 5 heteroatoms. The normalized spacial score (nSPS) is 25.3. The van der Waals surface area contributed by atoms with Crippen molar-refractivity contribution in [3.63, 3.8) is 0 Å². The van der Waals surface area contributed by atoms with Gasteiger partial charge in [0.25, 0.3) is 0 Å².